The maximum atomic E-state index is 11.9. The molecule has 0 unspecified atom stereocenters. The molecule has 0 aliphatic carbocycles. The Balaban J connectivity index is 0.00000180. The smallest absolute Gasteiger partial charge is 0.276 e. The molecule has 2 heterocycles. The predicted octanol–water partition coefficient (Wildman–Crippen LogP) is -0.400. The summed E-state index contributed by atoms with van der Waals surface area (Å²) in [6.07, 6.45) is 1.33. The standard InChI is InChI=1S/C11H16N4O3.ClH/c1-14(11(17)9-2-7-18-13-9)8-10(16)15-5-3-12-4-6-15;/h2,7,12H,3-6,8H2,1H3;1H. The Labute approximate surface area is 117 Å². The molecular weight excluding hydrogens is 272 g/mol. The number of hydrogen-bond donors (Lipinski definition) is 1. The monoisotopic (exact) mass is 288 g/mol. The fraction of sp³-hybridized carbons (Fsp3) is 0.545. The molecule has 0 bridgehead atoms. The van der Waals surface area contributed by atoms with E-state index in [2.05, 4.69) is 15.0 Å². The van der Waals surface area contributed by atoms with Gasteiger partial charge in [0.15, 0.2) is 5.69 Å². The van der Waals surface area contributed by atoms with E-state index in [0.717, 1.165) is 13.1 Å². The van der Waals surface area contributed by atoms with Gasteiger partial charge in [0, 0.05) is 39.3 Å². The van der Waals surface area contributed by atoms with E-state index in [9.17, 15) is 9.59 Å². The number of aromatic nitrogens is 1. The fourth-order valence-corrected chi connectivity index (χ4v) is 1.81. The van der Waals surface area contributed by atoms with Crippen molar-refractivity contribution in [3.8, 4) is 0 Å². The molecular formula is C11H17ClN4O3. The van der Waals surface area contributed by atoms with Gasteiger partial charge in [-0.1, -0.05) is 5.16 Å². The zero-order valence-corrected chi connectivity index (χ0v) is 11.5. The van der Waals surface area contributed by atoms with Crippen LogP contribution in [0.3, 0.4) is 0 Å². The number of amides is 2. The maximum absolute atomic E-state index is 11.9. The van der Waals surface area contributed by atoms with Crippen LogP contribution in [0.5, 0.6) is 0 Å². The Bertz CT molecular complexity index is 418. The molecule has 1 fully saturated rings. The van der Waals surface area contributed by atoms with Gasteiger partial charge in [0.05, 0.1) is 6.54 Å². The quantitative estimate of drug-likeness (QED) is 0.819. The van der Waals surface area contributed by atoms with Crippen LogP contribution in [0.1, 0.15) is 10.5 Å². The summed E-state index contributed by atoms with van der Waals surface area (Å²) >= 11 is 0. The lowest BCUT2D eigenvalue weighted by Gasteiger charge is -2.29. The molecule has 0 saturated carbocycles. The number of carbonyl (C=O) groups is 2. The average molecular weight is 289 g/mol. The van der Waals surface area contributed by atoms with Crippen molar-refractivity contribution in [3.63, 3.8) is 0 Å². The summed E-state index contributed by atoms with van der Waals surface area (Å²) in [4.78, 5) is 26.9. The van der Waals surface area contributed by atoms with E-state index in [1.807, 2.05) is 0 Å². The minimum Gasteiger partial charge on any atom is -0.364 e. The zero-order chi connectivity index (χ0) is 13.0. The van der Waals surface area contributed by atoms with Crippen LogP contribution in [0.15, 0.2) is 16.9 Å². The Morgan fingerprint density at radius 3 is 2.74 bits per heavy atom. The highest BCUT2D eigenvalue weighted by molar-refractivity contribution is 5.94. The van der Waals surface area contributed by atoms with Gasteiger partial charge in [-0.2, -0.15) is 0 Å². The molecule has 1 saturated heterocycles. The zero-order valence-electron chi connectivity index (χ0n) is 10.7. The number of carbonyl (C=O) groups excluding carboxylic acids is 2. The van der Waals surface area contributed by atoms with Gasteiger partial charge >= 0.3 is 0 Å². The van der Waals surface area contributed by atoms with Crippen LogP contribution in [0.25, 0.3) is 0 Å². The second-order valence-corrected chi connectivity index (χ2v) is 4.18. The Kier molecular flexibility index (Phi) is 5.78. The molecule has 0 radical (unpaired) electrons. The van der Waals surface area contributed by atoms with Gasteiger partial charge in [0.25, 0.3) is 5.91 Å². The summed E-state index contributed by atoms with van der Waals surface area (Å²) in [5.41, 5.74) is 0.214. The molecule has 0 aromatic carbocycles. The number of rotatable bonds is 3. The lowest BCUT2D eigenvalue weighted by molar-refractivity contribution is -0.132. The number of halogens is 1. The lowest BCUT2D eigenvalue weighted by Crippen LogP contribution is -2.49. The minimum atomic E-state index is -0.313. The Morgan fingerprint density at radius 2 is 2.16 bits per heavy atom. The first-order valence-electron chi connectivity index (χ1n) is 5.83. The molecule has 2 rings (SSSR count). The Morgan fingerprint density at radius 1 is 1.47 bits per heavy atom. The molecule has 2 amide bonds. The van der Waals surface area contributed by atoms with Crippen molar-refractivity contribution in [2.45, 2.75) is 0 Å². The van der Waals surface area contributed by atoms with Gasteiger partial charge < -0.3 is 19.6 Å². The first-order chi connectivity index (χ1) is 8.68. The van der Waals surface area contributed by atoms with Gasteiger partial charge in [0.1, 0.15) is 6.26 Å². The van der Waals surface area contributed by atoms with E-state index < -0.39 is 0 Å². The van der Waals surface area contributed by atoms with Gasteiger partial charge in [-0.25, -0.2) is 0 Å². The summed E-state index contributed by atoms with van der Waals surface area (Å²) < 4.78 is 4.61. The van der Waals surface area contributed by atoms with Crippen LogP contribution in [-0.2, 0) is 4.79 Å². The van der Waals surface area contributed by atoms with E-state index >= 15 is 0 Å². The summed E-state index contributed by atoms with van der Waals surface area (Å²) in [6.45, 7) is 3.03. The van der Waals surface area contributed by atoms with Crippen molar-refractivity contribution in [1.29, 1.82) is 0 Å². The molecule has 19 heavy (non-hydrogen) atoms. The summed E-state index contributed by atoms with van der Waals surface area (Å²) in [6, 6.07) is 1.48. The fourth-order valence-electron chi connectivity index (χ4n) is 1.81. The highest BCUT2D eigenvalue weighted by Gasteiger charge is 2.21. The van der Waals surface area contributed by atoms with Crippen LogP contribution >= 0.6 is 12.4 Å². The molecule has 1 aliphatic heterocycles. The van der Waals surface area contributed by atoms with Crippen molar-refractivity contribution in [3.05, 3.63) is 18.0 Å². The third-order valence-corrected chi connectivity index (χ3v) is 2.85. The second kappa shape index (κ2) is 7.10. The molecule has 1 aromatic heterocycles. The van der Waals surface area contributed by atoms with Crippen molar-refractivity contribution in [2.75, 3.05) is 39.8 Å². The highest BCUT2D eigenvalue weighted by atomic mass is 35.5. The lowest BCUT2D eigenvalue weighted by atomic mass is 10.3. The number of likely N-dealkylation sites (N-methyl/N-ethyl adjacent to an activating group) is 1. The number of nitrogens with one attached hydrogen (secondary N) is 1. The van der Waals surface area contributed by atoms with E-state index in [4.69, 9.17) is 0 Å². The van der Waals surface area contributed by atoms with Crippen LogP contribution in [0.2, 0.25) is 0 Å². The summed E-state index contributed by atoms with van der Waals surface area (Å²) in [5, 5.41) is 6.73. The topological polar surface area (TPSA) is 78.7 Å². The van der Waals surface area contributed by atoms with Crippen molar-refractivity contribution in [2.24, 2.45) is 0 Å². The van der Waals surface area contributed by atoms with Gasteiger partial charge in [-0.05, 0) is 0 Å². The SMILES string of the molecule is CN(CC(=O)N1CCNCC1)C(=O)c1ccon1.Cl. The third-order valence-electron chi connectivity index (χ3n) is 2.85. The normalized spacial score (nSPS) is 14.7. The van der Waals surface area contributed by atoms with Gasteiger partial charge in [-0.15, -0.1) is 12.4 Å². The highest BCUT2D eigenvalue weighted by Crippen LogP contribution is 2.01. The van der Waals surface area contributed by atoms with Crippen LogP contribution in [0.4, 0.5) is 0 Å². The first-order valence-corrected chi connectivity index (χ1v) is 5.83. The van der Waals surface area contributed by atoms with Crippen LogP contribution in [0, 0.1) is 0 Å². The molecule has 8 heteroatoms. The molecule has 1 N–H and O–H groups in total. The number of hydrogen-bond acceptors (Lipinski definition) is 5. The number of nitrogens with zero attached hydrogens (tertiary/aromatic N) is 3. The maximum Gasteiger partial charge on any atom is 0.276 e. The largest absolute Gasteiger partial charge is 0.364 e. The molecule has 0 atom stereocenters. The van der Waals surface area contributed by atoms with Crippen LogP contribution < -0.4 is 5.32 Å². The van der Waals surface area contributed by atoms with E-state index in [0.29, 0.717) is 13.1 Å². The van der Waals surface area contributed by atoms with Crippen molar-refractivity contribution in [1.82, 2.24) is 20.3 Å². The number of piperazine rings is 1. The predicted molar refractivity (Wildman–Crippen MR) is 70.2 cm³/mol. The molecule has 1 aliphatic rings. The van der Waals surface area contributed by atoms with Crippen molar-refractivity contribution < 1.29 is 14.1 Å². The molecule has 0 spiro atoms. The third kappa shape index (κ3) is 3.93. The summed E-state index contributed by atoms with van der Waals surface area (Å²) in [7, 11) is 1.58. The van der Waals surface area contributed by atoms with Gasteiger partial charge in [-0.3, -0.25) is 9.59 Å². The second-order valence-electron chi connectivity index (χ2n) is 4.18. The summed E-state index contributed by atoms with van der Waals surface area (Å²) in [5.74, 6) is -0.358. The van der Waals surface area contributed by atoms with E-state index in [1.165, 1.54) is 17.2 Å². The van der Waals surface area contributed by atoms with E-state index in [-0.39, 0.29) is 36.5 Å². The van der Waals surface area contributed by atoms with Gasteiger partial charge in [0.2, 0.25) is 5.91 Å². The van der Waals surface area contributed by atoms with Crippen molar-refractivity contribution >= 4 is 24.2 Å². The first kappa shape index (κ1) is 15.5. The van der Waals surface area contributed by atoms with E-state index in [1.54, 1.807) is 11.9 Å². The minimum absolute atomic E-state index is 0. The Hall–Kier alpha value is -1.60. The molecule has 7 nitrogen and oxygen atoms in total. The van der Waals surface area contributed by atoms with Crippen LogP contribution in [-0.4, -0.2) is 66.5 Å². The molecule has 1 aromatic rings. The average Bonchev–Trinajstić information content (AvgIpc) is 2.92. The molecule has 106 valence electrons.